The molecule has 0 aromatic heterocycles. The first-order valence-corrected chi connectivity index (χ1v) is 13.1. The average Bonchev–Trinajstić information content (AvgIpc) is 3.34. The van der Waals surface area contributed by atoms with E-state index in [1.165, 1.54) is 0 Å². The Kier molecular flexibility index (Phi) is 4.51. The quantitative estimate of drug-likeness (QED) is 0.189. The number of rotatable bonds is 2. The lowest BCUT2D eigenvalue weighted by Crippen LogP contribution is -2.74. The molecule has 33 heavy (non-hydrogen) atoms. The molecule has 7 fully saturated rings. The van der Waals surface area contributed by atoms with Crippen molar-refractivity contribution in [2.24, 2.45) is 17.3 Å². The Morgan fingerprint density at radius 2 is 2.00 bits per heavy atom. The maximum absolute atomic E-state index is 13.9. The second-order valence-corrected chi connectivity index (χ2v) is 12.5. The van der Waals surface area contributed by atoms with Crippen LogP contribution in [0.4, 0.5) is 0 Å². The maximum atomic E-state index is 13.9. The maximum Gasteiger partial charge on any atom is 0.244 e. The van der Waals surface area contributed by atoms with Crippen LogP contribution in [-0.2, 0) is 32.7 Å². The van der Waals surface area contributed by atoms with E-state index in [1.807, 2.05) is 0 Å². The van der Waals surface area contributed by atoms with Crippen LogP contribution in [0.15, 0.2) is 11.6 Å². The summed E-state index contributed by atoms with van der Waals surface area (Å²) in [6.45, 7) is 3.35. The first kappa shape index (κ1) is 21.8. The molecule has 1 amide bonds. The van der Waals surface area contributed by atoms with Gasteiger partial charge in [-0.3, -0.25) is 14.5 Å². The molecule has 0 N–H and O–H groups in total. The van der Waals surface area contributed by atoms with Gasteiger partial charge in [0.2, 0.25) is 12.8 Å². The van der Waals surface area contributed by atoms with Gasteiger partial charge in [0.15, 0.2) is 11.6 Å². The molecule has 8 rings (SSSR count). The van der Waals surface area contributed by atoms with Crippen molar-refractivity contribution in [2.45, 2.75) is 85.8 Å². The van der Waals surface area contributed by atoms with Gasteiger partial charge in [0, 0.05) is 24.7 Å². The molecule has 10 heteroatoms. The third kappa shape index (κ3) is 2.46. The highest BCUT2D eigenvalue weighted by Crippen LogP contribution is 2.67. The van der Waals surface area contributed by atoms with E-state index in [-0.39, 0.29) is 29.1 Å². The number of halogens is 1. The van der Waals surface area contributed by atoms with Crippen molar-refractivity contribution in [2.75, 3.05) is 13.2 Å². The van der Waals surface area contributed by atoms with Gasteiger partial charge in [0.25, 0.3) is 0 Å². The van der Waals surface area contributed by atoms with Gasteiger partial charge in [-0.2, -0.15) is 0 Å². The molecule has 4 heterocycles. The lowest BCUT2D eigenvalue weighted by atomic mass is 9.57. The first-order chi connectivity index (χ1) is 15.8. The van der Waals surface area contributed by atoms with Crippen LogP contribution >= 0.6 is 28.8 Å². The molecule has 0 aromatic carbocycles. The molecule has 2 spiro atoms. The zero-order valence-electron chi connectivity index (χ0n) is 18.4. The summed E-state index contributed by atoms with van der Waals surface area (Å²) < 4.78 is 29.7. The normalized spacial score (nSPS) is 53.5. The van der Waals surface area contributed by atoms with E-state index in [4.69, 9.17) is 23.1 Å². The summed E-state index contributed by atoms with van der Waals surface area (Å²) in [5.41, 5.74) is 0.0387. The van der Waals surface area contributed by atoms with Crippen LogP contribution < -0.4 is 0 Å². The molecule has 3 saturated carbocycles. The standard InChI is InChI=1S/C23H28BrNO7S/c1-20-10-16(27)22(24)8-14-17-18(32-33)15-9-21(14,31-19(30-17)25(15)11-26)4-2-13(22)12(20)3-5-23(20)28-6-7-29-23/h8,11-13,15,17-19,33H,2-7,9-10H2,1H3/t12-,13-,15?,17?,18?,19?,20-,21?,22-/m0/s1. The molecule has 9 atom stereocenters. The number of carbonyl (C=O) groups excluding carboxylic acids is 2. The van der Waals surface area contributed by atoms with Crippen LogP contribution in [0, 0.1) is 17.3 Å². The minimum Gasteiger partial charge on any atom is -0.347 e. The first-order valence-electron chi connectivity index (χ1n) is 11.9. The Morgan fingerprint density at radius 1 is 1.24 bits per heavy atom. The summed E-state index contributed by atoms with van der Waals surface area (Å²) in [4.78, 5) is 27.2. The van der Waals surface area contributed by atoms with Crippen LogP contribution in [-0.4, -0.2) is 70.7 Å². The SMILES string of the molecule is C[C@]12CC(=O)[C@]3(Br)C=C4C5OC6OC4(CC[C@H]3[C@@H]1CCC21OCCO1)CC(C5OS)N6C=O. The topological polar surface area (TPSA) is 83.5 Å². The summed E-state index contributed by atoms with van der Waals surface area (Å²) in [5.74, 6) is -0.136. The highest BCUT2D eigenvalue weighted by molar-refractivity contribution is 9.10. The third-order valence-electron chi connectivity index (χ3n) is 9.94. The van der Waals surface area contributed by atoms with Gasteiger partial charge < -0.3 is 23.1 Å². The van der Waals surface area contributed by atoms with Crippen LogP contribution in [0.2, 0.25) is 0 Å². The number of hydrogen-bond donors (Lipinski definition) is 1. The Hall–Kier alpha value is -0.490. The predicted octanol–water partition coefficient (Wildman–Crippen LogP) is 2.50. The second kappa shape index (κ2) is 6.83. The molecule has 0 aromatic rings. The highest BCUT2D eigenvalue weighted by Gasteiger charge is 2.72. The minimum absolute atomic E-state index is 0.0853. The van der Waals surface area contributed by atoms with Crippen LogP contribution in [0.5, 0.6) is 0 Å². The Labute approximate surface area is 206 Å². The number of nitrogens with zero attached hydrogens (tertiary/aromatic N) is 1. The van der Waals surface area contributed by atoms with Crippen molar-refractivity contribution in [3.8, 4) is 0 Å². The van der Waals surface area contributed by atoms with Gasteiger partial charge in [0.1, 0.15) is 16.5 Å². The zero-order chi connectivity index (χ0) is 22.8. The summed E-state index contributed by atoms with van der Waals surface area (Å²) in [5, 5.41) is 0. The van der Waals surface area contributed by atoms with Crippen molar-refractivity contribution in [1.29, 1.82) is 0 Å². The molecule has 0 radical (unpaired) electrons. The van der Waals surface area contributed by atoms with E-state index >= 15 is 0 Å². The van der Waals surface area contributed by atoms with Crippen molar-refractivity contribution >= 4 is 41.0 Å². The third-order valence-corrected chi connectivity index (χ3v) is 11.4. The van der Waals surface area contributed by atoms with E-state index in [9.17, 15) is 9.59 Å². The Morgan fingerprint density at radius 3 is 2.73 bits per heavy atom. The van der Waals surface area contributed by atoms with Crippen LogP contribution in [0.3, 0.4) is 0 Å². The van der Waals surface area contributed by atoms with E-state index in [2.05, 4.69) is 41.8 Å². The van der Waals surface area contributed by atoms with E-state index in [0.717, 1.165) is 37.7 Å². The average molecular weight is 542 g/mol. The van der Waals surface area contributed by atoms with Gasteiger partial charge >= 0.3 is 0 Å². The molecule has 4 aliphatic carbocycles. The summed E-state index contributed by atoms with van der Waals surface area (Å²) in [7, 11) is 0. The summed E-state index contributed by atoms with van der Waals surface area (Å²) in [6, 6.07) is -0.169. The largest absolute Gasteiger partial charge is 0.347 e. The van der Waals surface area contributed by atoms with E-state index < -0.39 is 34.3 Å². The van der Waals surface area contributed by atoms with Gasteiger partial charge in [-0.15, -0.1) is 0 Å². The fraction of sp³-hybridized carbons (Fsp3) is 0.826. The minimum atomic E-state index is -0.798. The van der Waals surface area contributed by atoms with Crippen molar-refractivity contribution in [1.82, 2.24) is 4.90 Å². The fourth-order valence-corrected chi connectivity index (χ4v) is 9.60. The second-order valence-electron chi connectivity index (χ2n) is 11.0. The lowest BCUT2D eigenvalue weighted by molar-refractivity contribution is -0.377. The van der Waals surface area contributed by atoms with Crippen molar-refractivity contribution < 1.29 is 32.7 Å². The van der Waals surface area contributed by atoms with Gasteiger partial charge in [-0.25, -0.2) is 0 Å². The Balaban J connectivity index is 1.32. The zero-order valence-corrected chi connectivity index (χ0v) is 20.9. The summed E-state index contributed by atoms with van der Waals surface area (Å²) >= 11 is 8.08. The molecule has 4 bridgehead atoms. The molecule has 180 valence electrons. The van der Waals surface area contributed by atoms with Crippen LogP contribution in [0.1, 0.15) is 45.4 Å². The molecule has 4 saturated heterocycles. The van der Waals surface area contributed by atoms with Crippen LogP contribution in [0.25, 0.3) is 0 Å². The molecule has 8 nitrogen and oxygen atoms in total. The number of ether oxygens (including phenoxy) is 4. The highest BCUT2D eigenvalue weighted by atomic mass is 79.9. The number of thiol groups is 1. The molecular formula is C23H28BrNO7S. The predicted molar refractivity (Wildman–Crippen MR) is 120 cm³/mol. The monoisotopic (exact) mass is 541 g/mol. The number of carbonyl (C=O) groups is 2. The number of hydrogen-bond acceptors (Lipinski definition) is 8. The number of ketones is 1. The smallest absolute Gasteiger partial charge is 0.244 e. The Bertz CT molecular complexity index is 957. The number of alkyl halides is 1. The summed E-state index contributed by atoms with van der Waals surface area (Å²) in [6.07, 6.45) is 5.70. The number of Topliss-reactive ketones (excluding diaryl/α,β-unsaturated/α-hetero) is 1. The molecular weight excluding hydrogens is 514 g/mol. The molecule has 5 unspecified atom stereocenters. The molecule has 4 aliphatic heterocycles. The number of amides is 1. The number of fused-ring (bicyclic) bond motifs is 4. The molecule has 8 aliphatic rings. The number of allylic oxidation sites excluding steroid dienone is 1. The lowest BCUT2D eigenvalue weighted by Gasteiger charge is -2.62. The van der Waals surface area contributed by atoms with Crippen molar-refractivity contribution in [3.63, 3.8) is 0 Å². The van der Waals surface area contributed by atoms with E-state index in [1.54, 1.807) is 4.90 Å². The van der Waals surface area contributed by atoms with Gasteiger partial charge in [-0.1, -0.05) is 28.9 Å². The fourth-order valence-electron chi connectivity index (χ4n) is 8.41. The van der Waals surface area contributed by atoms with Crippen molar-refractivity contribution in [3.05, 3.63) is 11.6 Å². The van der Waals surface area contributed by atoms with Gasteiger partial charge in [-0.05, 0) is 49.6 Å². The van der Waals surface area contributed by atoms with E-state index in [0.29, 0.717) is 26.1 Å². The van der Waals surface area contributed by atoms with Gasteiger partial charge in [0.05, 0.1) is 24.9 Å².